The van der Waals surface area contributed by atoms with Crippen molar-refractivity contribution in [3.05, 3.63) is 87.3 Å². The van der Waals surface area contributed by atoms with Crippen LogP contribution in [0.5, 0.6) is 0 Å². The lowest BCUT2D eigenvalue weighted by atomic mass is 10.1. The van der Waals surface area contributed by atoms with E-state index in [-0.39, 0.29) is 29.5 Å². The van der Waals surface area contributed by atoms with E-state index in [4.69, 9.17) is 0 Å². The van der Waals surface area contributed by atoms with Crippen LogP contribution in [-0.4, -0.2) is 27.0 Å². The van der Waals surface area contributed by atoms with Crippen molar-refractivity contribution in [1.82, 2.24) is 9.55 Å². The fourth-order valence-electron chi connectivity index (χ4n) is 3.09. The third kappa shape index (κ3) is 4.79. The molecule has 4 aromatic rings. The molecule has 162 valence electrons. The molecular weight excluding hydrogens is 449 g/mol. The summed E-state index contributed by atoms with van der Waals surface area (Å²) in [5, 5.41) is 4.87. The summed E-state index contributed by atoms with van der Waals surface area (Å²) in [6, 6.07) is 14.6. The van der Waals surface area contributed by atoms with E-state index in [2.05, 4.69) is 10.3 Å². The van der Waals surface area contributed by atoms with Crippen molar-refractivity contribution in [3.63, 3.8) is 0 Å². The Hall–Kier alpha value is -3.30. The second kappa shape index (κ2) is 9.46. The van der Waals surface area contributed by atoms with Crippen molar-refractivity contribution < 1.29 is 14.0 Å². The summed E-state index contributed by atoms with van der Waals surface area (Å²) in [6.45, 7) is 1.49. The summed E-state index contributed by atoms with van der Waals surface area (Å²) >= 11 is 2.39. The molecule has 2 aromatic carbocycles. The minimum atomic E-state index is -0.409. The molecule has 6 nitrogen and oxygen atoms in total. The van der Waals surface area contributed by atoms with Gasteiger partial charge in [-0.15, -0.1) is 11.3 Å². The predicted octanol–water partition coefficient (Wildman–Crippen LogP) is 4.58. The quantitative estimate of drug-likeness (QED) is 0.244. The molecule has 2 aromatic heterocycles. The zero-order chi connectivity index (χ0) is 22.7. The second-order valence-corrected chi connectivity index (χ2v) is 8.84. The Bertz CT molecular complexity index is 1360. The number of Topliss-reactive ketones (excluding diaryl/α,β-unsaturated/α-hetero) is 1. The van der Waals surface area contributed by atoms with Crippen molar-refractivity contribution in [3.8, 4) is 0 Å². The van der Waals surface area contributed by atoms with Gasteiger partial charge in [-0.1, -0.05) is 30.0 Å². The number of halogens is 1. The fourth-order valence-corrected chi connectivity index (χ4v) is 4.66. The van der Waals surface area contributed by atoms with Gasteiger partial charge in [-0.05, 0) is 48.7 Å². The Morgan fingerprint density at radius 2 is 1.88 bits per heavy atom. The average molecular weight is 468 g/mol. The number of hydrogen-bond donors (Lipinski definition) is 1. The zero-order valence-electron chi connectivity index (χ0n) is 17.0. The minimum absolute atomic E-state index is 0.00775. The van der Waals surface area contributed by atoms with Crippen molar-refractivity contribution in [2.24, 2.45) is 0 Å². The maximum absolute atomic E-state index is 14.2. The predicted molar refractivity (Wildman–Crippen MR) is 125 cm³/mol. The minimum Gasteiger partial charge on any atom is -0.325 e. The molecule has 0 atom stereocenters. The average Bonchev–Trinajstić information content (AvgIpc) is 3.25. The number of fused-ring (bicyclic) bond motifs is 1. The van der Waals surface area contributed by atoms with Crippen molar-refractivity contribution in [2.45, 2.75) is 18.6 Å². The first-order valence-corrected chi connectivity index (χ1v) is 11.5. The Morgan fingerprint density at radius 1 is 1.12 bits per heavy atom. The maximum atomic E-state index is 14.2. The van der Waals surface area contributed by atoms with Crippen molar-refractivity contribution in [1.29, 1.82) is 0 Å². The summed E-state index contributed by atoms with van der Waals surface area (Å²) in [5.41, 5.74) is 1.76. The van der Waals surface area contributed by atoms with Crippen LogP contribution in [0, 0.1) is 5.82 Å². The van der Waals surface area contributed by atoms with E-state index >= 15 is 0 Å². The highest BCUT2D eigenvalue weighted by Crippen LogP contribution is 2.22. The first-order valence-electron chi connectivity index (χ1n) is 9.67. The number of thioether (sulfide) groups is 1. The Kier molecular flexibility index (Phi) is 6.48. The first kappa shape index (κ1) is 21.9. The van der Waals surface area contributed by atoms with Gasteiger partial charge in [-0.3, -0.25) is 19.0 Å². The van der Waals surface area contributed by atoms with Gasteiger partial charge >= 0.3 is 0 Å². The number of nitrogens with zero attached hydrogens (tertiary/aromatic N) is 2. The molecule has 0 spiro atoms. The van der Waals surface area contributed by atoms with Gasteiger partial charge in [-0.25, -0.2) is 9.37 Å². The maximum Gasteiger partial charge on any atom is 0.272 e. The van der Waals surface area contributed by atoms with E-state index in [0.717, 1.165) is 11.8 Å². The van der Waals surface area contributed by atoms with E-state index in [1.165, 1.54) is 28.9 Å². The third-order valence-electron chi connectivity index (χ3n) is 4.72. The van der Waals surface area contributed by atoms with Crippen LogP contribution in [0.15, 0.2) is 69.9 Å². The molecule has 0 radical (unpaired) electrons. The van der Waals surface area contributed by atoms with Crippen LogP contribution in [0.2, 0.25) is 0 Å². The smallest absolute Gasteiger partial charge is 0.272 e. The van der Waals surface area contributed by atoms with Crippen LogP contribution in [0.4, 0.5) is 10.1 Å². The molecule has 1 N–H and O–H groups in total. The van der Waals surface area contributed by atoms with Crippen LogP contribution >= 0.6 is 23.1 Å². The number of carbonyl (C=O) groups is 2. The Balaban J connectivity index is 1.55. The molecule has 0 aliphatic heterocycles. The summed E-state index contributed by atoms with van der Waals surface area (Å²) in [4.78, 5) is 41.4. The van der Waals surface area contributed by atoms with Gasteiger partial charge in [0.1, 0.15) is 10.5 Å². The molecule has 0 aliphatic rings. The van der Waals surface area contributed by atoms with Gasteiger partial charge in [-0.2, -0.15) is 0 Å². The van der Waals surface area contributed by atoms with Gasteiger partial charge in [0.05, 0.1) is 17.8 Å². The number of nitrogens with one attached hydrogen (secondary N) is 1. The van der Waals surface area contributed by atoms with E-state index in [9.17, 15) is 18.8 Å². The molecule has 0 aliphatic carbocycles. The lowest BCUT2D eigenvalue weighted by molar-refractivity contribution is -0.113. The number of rotatable bonds is 7. The number of thiophene rings is 1. The van der Waals surface area contributed by atoms with Crippen LogP contribution in [0.3, 0.4) is 0 Å². The lowest BCUT2D eigenvalue weighted by Gasteiger charge is -2.13. The Labute approximate surface area is 191 Å². The third-order valence-corrected chi connectivity index (χ3v) is 6.59. The molecule has 0 bridgehead atoms. The van der Waals surface area contributed by atoms with Crippen LogP contribution in [0.1, 0.15) is 22.8 Å². The number of carbonyl (C=O) groups excluding carboxylic acids is 2. The lowest BCUT2D eigenvalue weighted by Crippen LogP contribution is -2.24. The van der Waals surface area contributed by atoms with E-state index < -0.39 is 5.82 Å². The molecule has 4 rings (SSSR count). The second-order valence-electron chi connectivity index (χ2n) is 6.98. The fraction of sp³-hybridized carbons (Fsp3) is 0.130. The van der Waals surface area contributed by atoms with Crippen molar-refractivity contribution in [2.75, 3.05) is 11.1 Å². The van der Waals surface area contributed by atoms with E-state index in [1.807, 2.05) is 0 Å². The molecular formula is C23H18FN3O3S2. The SMILES string of the molecule is CC(=O)c1ccc(NC(=O)CSc2nc3ccsc3c(=O)n2Cc2ccccc2F)cc1. The highest BCUT2D eigenvalue weighted by Gasteiger charge is 2.16. The van der Waals surface area contributed by atoms with E-state index in [1.54, 1.807) is 53.9 Å². The number of hydrogen-bond acceptors (Lipinski definition) is 6. The molecule has 0 saturated heterocycles. The molecule has 32 heavy (non-hydrogen) atoms. The summed E-state index contributed by atoms with van der Waals surface area (Å²) < 4.78 is 16.1. The first-order chi connectivity index (χ1) is 15.4. The monoisotopic (exact) mass is 467 g/mol. The molecule has 0 saturated carbocycles. The van der Waals surface area contributed by atoms with Crippen LogP contribution < -0.4 is 10.9 Å². The standard InChI is InChI=1S/C23H18FN3O3S2/c1-14(28)15-6-8-17(9-7-15)25-20(29)13-32-23-26-19-10-11-31-21(19)22(30)27(23)12-16-4-2-3-5-18(16)24/h2-11H,12-13H2,1H3,(H,25,29). The van der Waals surface area contributed by atoms with Crippen LogP contribution in [-0.2, 0) is 11.3 Å². The van der Waals surface area contributed by atoms with Crippen LogP contribution in [0.25, 0.3) is 10.2 Å². The van der Waals surface area contributed by atoms with Gasteiger partial charge in [0.25, 0.3) is 5.56 Å². The zero-order valence-corrected chi connectivity index (χ0v) is 18.6. The highest BCUT2D eigenvalue weighted by atomic mass is 32.2. The molecule has 1 amide bonds. The largest absolute Gasteiger partial charge is 0.325 e. The van der Waals surface area contributed by atoms with E-state index in [0.29, 0.717) is 32.2 Å². The topological polar surface area (TPSA) is 81.1 Å². The number of anilines is 1. The van der Waals surface area contributed by atoms with Gasteiger partial charge < -0.3 is 5.32 Å². The molecule has 0 fully saturated rings. The van der Waals surface area contributed by atoms with Crippen molar-refractivity contribution >= 4 is 50.7 Å². The summed E-state index contributed by atoms with van der Waals surface area (Å²) in [6.07, 6.45) is 0. The molecule has 9 heteroatoms. The molecule has 2 heterocycles. The number of ketones is 1. The number of amides is 1. The van der Waals surface area contributed by atoms with Gasteiger partial charge in [0, 0.05) is 16.8 Å². The van der Waals surface area contributed by atoms with Gasteiger partial charge in [0.2, 0.25) is 5.91 Å². The number of aromatic nitrogens is 2. The summed E-state index contributed by atoms with van der Waals surface area (Å²) in [5.74, 6) is -0.745. The Morgan fingerprint density at radius 3 is 2.59 bits per heavy atom. The molecule has 0 unspecified atom stereocenters. The van der Waals surface area contributed by atoms with Gasteiger partial charge in [0.15, 0.2) is 10.9 Å². The number of benzene rings is 2. The highest BCUT2D eigenvalue weighted by molar-refractivity contribution is 7.99. The summed E-state index contributed by atoms with van der Waals surface area (Å²) in [7, 11) is 0. The normalized spacial score (nSPS) is 10.9.